The Morgan fingerprint density at radius 2 is 2.04 bits per heavy atom. The van der Waals surface area contributed by atoms with E-state index in [0.717, 1.165) is 56.3 Å². The molecule has 3 atom stereocenters. The summed E-state index contributed by atoms with van der Waals surface area (Å²) in [6.07, 6.45) is 7.99. The van der Waals surface area contributed by atoms with Gasteiger partial charge in [-0.15, -0.1) is 0 Å². The smallest absolute Gasteiger partial charge is 0.251 e. The van der Waals surface area contributed by atoms with Crippen molar-refractivity contribution in [3.63, 3.8) is 0 Å². The maximum atomic E-state index is 12.7. The van der Waals surface area contributed by atoms with Crippen molar-refractivity contribution in [1.82, 2.24) is 10.2 Å². The average molecular weight is 350 g/mol. The van der Waals surface area contributed by atoms with Crippen LogP contribution in [0.4, 0.5) is 5.69 Å². The predicted molar refractivity (Wildman–Crippen MR) is 95.4 cm³/mol. The molecule has 3 fully saturated rings. The molecule has 0 aromatic heterocycles. The van der Waals surface area contributed by atoms with Gasteiger partial charge in [0.2, 0.25) is 5.91 Å². The highest BCUT2D eigenvalue weighted by atomic mass is 16.2. The molecule has 4 aliphatic rings. The second-order valence-electron chi connectivity index (χ2n) is 7.98. The Morgan fingerprint density at radius 1 is 1.19 bits per heavy atom. The van der Waals surface area contributed by atoms with E-state index in [1.165, 1.54) is 0 Å². The fraction of sp³-hybridized carbons (Fsp3) is 0.550. The van der Waals surface area contributed by atoms with Crippen LogP contribution in [-0.4, -0.2) is 41.4 Å². The van der Waals surface area contributed by atoms with Crippen molar-refractivity contribution in [2.75, 3.05) is 11.4 Å². The number of nitriles is 1. The van der Waals surface area contributed by atoms with Gasteiger partial charge in [0.05, 0.1) is 12.1 Å². The number of amides is 2. The Balaban J connectivity index is 1.30. The van der Waals surface area contributed by atoms with Gasteiger partial charge in [0.15, 0.2) is 6.19 Å². The monoisotopic (exact) mass is 350 g/mol. The average Bonchev–Trinajstić information content (AvgIpc) is 3.19. The Bertz CT molecular complexity index is 826. The molecule has 3 aliphatic heterocycles. The summed E-state index contributed by atoms with van der Waals surface area (Å²) in [5.41, 5.74) is 2.70. The molecular formula is C20H22N4O2. The molecule has 6 heteroatoms. The van der Waals surface area contributed by atoms with Gasteiger partial charge < -0.3 is 15.1 Å². The Labute approximate surface area is 152 Å². The van der Waals surface area contributed by atoms with Gasteiger partial charge in [-0.1, -0.05) is 0 Å². The maximum Gasteiger partial charge on any atom is 0.251 e. The van der Waals surface area contributed by atoms with E-state index in [0.29, 0.717) is 5.56 Å². The minimum atomic E-state index is -0.0739. The molecule has 3 unspecified atom stereocenters. The number of nitrogens with zero attached hydrogens (tertiary/aromatic N) is 3. The molecular weight excluding hydrogens is 328 g/mol. The number of hydrogen-bond donors (Lipinski definition) is 1. The maximum absolute atomic E-state index is 12.7. The van der Waals surface area contributed by atoms with Crippen LogP contribution in [0.3, 0.4) is 0 Å². The van der Waals surface area contributed by atoms with Gasteiger partial charge in [0.25, 0.3) is 5.91 Å². The Morgan fingerprint density at radius 3 is 2.77 bits per heavy atom. The first-order valence-corrected chi connectivity index (χ1v) is 9.59. The van der Waals surface area contributed by atoms with Crippen molar-refractivity contribution >= 4 is 17.5 Å². The Kier molecular flexibility index (Phi) is 3.46. The number of fused-ring (bicyclic) bond motifs is 3. The van der Waals surface area contributed by atoms with Gasteiger partial charge >= 0.3 is 0 Å². The molecule has 134 valence electrons. The topological polar surface area (TPSA) is 76.4 Å². The van der Waals surface area contributed by atoms with Crippen molar-refractivity contribution in [3.05, 3.63) is 29.3 Å². The third kappa shape index (κ3) is 2.38. The lowest BCUT2D eigenvalue weighted by Crippen LogP contribution is -2.43. The Hall–Kier alpha value is -2.55. The van der Waals surface area contributed by atoms with E-state index < -0.39 is 0 Å². The summed E-state index contributed by atoms with van der Waals surface area (Å²) in [6.45, 7) is 0.721. The highest BCUT2D eigenvalue weighted by molar-refractivity contribution is 6.00. The predicted octanol–water partition coefficient (Wildman–Crippen LogP) is 1.80. The van der Waals surface area contributed by atoms with Crippen LogP contribution in [0, 0.1) is 17.4 Å². The van der Waals surface area contributed by atoms with Crippen LogP contribution in [0.25, 0.3) is 0 Å². The third-order valence-electron chi connectivity index (χ3n) is 6.40. The van der Waals surface area contributed by atoms with E-state index in [9.17, 15) is 14.9 Å². The number of hydrogen-bond acceptors (Lipinski definition) is 4. The summed E-state index contributed by atoms with van der Waals surface area (Å²) in [5, 5.41) is 12.4. The number of rotatable bonds is 3. The second kappa shape index (κ2) is 5.73. The van der Waals surface area contributed by atoms with Gasteiger partial charge in [-0.25, -0.2) is 0 Å². The number of anilines is 1. The molecule has 6 nitrogen and oxygen atoms in total. The zero-order valence-electron chi connectivity index (χ0n) is 14.6. The minimum absolute atomic E-state index is 0.0575. The van der Waals surface area contributed by atoms with E-state index in [1.54, 1.807) is 0 Å². The van der Waals surface area contributed by atoms with E-state index in [4.69, 9.17) is 0 Å². The number of carbonyl (C=O) groups excluding carboxylic acids is 2. The van der Waals surface area contributed by atoms with Crippen LogP contribution < -0.4 is 10.2 Å². The summed E-state index contributed by atoms with van der Waals surface area (Å²) < 4.78 is 0. The first-order valence-electron chi connectivity index (χ1n) is 9.59. The standard InChI is InChI=1S/C20H22N4O2/c21-11-24-15-4-6-18(24)16(10-15)22-19(25)14-3-5-17-13(9-14)7-8-23(17)20(26)12-1-2-12/h3,5,9,12,15-16,18H,1-2,4,6-8,10H2,(H,22,25). The van der Waals surface area contributed by atoms with Crippen LogP contribution in [-0.2, 0) is 11.2 Å². The van der Waals surface area contributed by atoms with Gasteiger partial charge in [0.1, 0.15) is 0 Å². The number of nitrogens with one attached hydrogen (secondary N) is 1. The molecule has 5 rings (SSSR count). The van der Waals surface area contributed by atoms with Crippen molar-refractivity contribution in [3.8, 4) is 6.19 Å². The number of benzene rings is 1. The van der Waals surface area contributed by atoms with Crippen molar-refractivity contribution in [1.29, 1.82) is 5.26 Å². The fourth-order valence-electron chi connectivity index (χ4n) is 4.87. The summed E-state index contributed by atoms with van der Waals surface area (Å²) in [6, 6.07) is 6.16. The largest absolute Gasteiger partial charge is 0.347 e. The lowest BCUT2D eigenvalue weighted by atomic mass is 9.95. The van der Waals surface area contributed by atoms with Gasteiger partial charge in [-0.05, 0) is 62.3 Å². The van der Waals surface area contributed by atoms with Crippen molar-refractivity contribution in [2.24, 2.45) is 5.92 Å². The SMILES string of the molecule is N#CN1C2CCC1C(NC(=O)c1ccc3c(c1)CCN3C(=O)C1CC1)C2. The highest BCUT2D eigenvalue weighted by Gasteiger charge is 2.46. The minimum Gasteiger partial charge on any atom is -0.347 e. The van der Waals surface area contributed by atoms with E-state index in [2.05, 4.69) is 11.5 Å². The summed E-state index contributed by atoms with van der Waals surface area (Å²) in [5.74, 6) is 0.375. The second-order valence-corrected chi connectivity index (χ2v) is 7.98. The molecule has 0 spiro atoms. The van der Waals surface area contributed by atoms with Gasteiger partial charge in [-0.2, -0.15) is 5.26 Å². The van der Waals surface area contributed by atoms with Crippen molar-refractivity contribution < 1.29 is 9.59 Å². The normalized spacial score (nSPS) is 28.8. The van der Waals surface area contributed by atoms with Crippen LogP contribution in [0.1, 0.15) is 48.0 Å². The molecule has 1 N–H and O–H groups in total. The zero-order valence-corrected chi connectivity index (χ0v) is 14.6. The molecule has 2 amide bonds. The van der Waals surface area contributed by atoms with Gasteiger partial charge in [0, 0.05) is 29.8 Å². The molecule has 0 radical (unpaired) electrons. The first-order chi connectivity index (χ1) is 12.7. The molecule has 26 heavy (non-hydrogen) atoms. The van der Waals surface area contributed by atoms with E-state index in [1.807, 2.05) is 28.0 Å². The highest BCUT2D eigenvalue weighted by Crippen LogP contribution is 2.38. The van der Waals surface area contributed by atoms with Crippen molar-refractivity contribution in [2.45, 2.75) is 56.7 Å². The van der Waals surface area contributed by atoms with Gasteiger partial charge in [-0.3, -0.25) is 9.59 Å². The lowest BCUT2D eigenvalue weighted by Gasteiger charge is -2.22. The van der Waals surface area contributed by atoms with Crippen LogP contribution in [0.2, 0.25) is 0 Å². The molecule has 1 aliphatic carbocycles. The molecule has 2 saturated heterocycles. The summed E-state index contributed by atoms with van der Waals surface area (Å²) in [4.78, 5) is 28.8. The molecule has 1 saturated carbocycles. The molecule has 1 aromatic rings. The third-order valence-corrected chi connectivity index (χ3v) is 6.40. The van der Waals surface area contributed by atoms with Crippen LogP contribution >= 0.6 is 0 Å². The first kappa shape index (κ1) is 15.7. The van der Waals surface area contributed by atoms with E-state index >= 15 is 0 Å². The zero-order chi connectivity index (χ0) is 17.8. The lowest BCUT2D eigenvalue weighted by molar-refractivity contribution is -0.119. The quantitative estimate of drug-likeness (QED) is 0.844. The summed E-state index contributed by atoms with van der Waals surface area (Å²) >= 11 is 0. The summed E-state index contributed by atoms with van der Waals surface area (Å²) in [7, 11) is 0. The molecule has 3 heterocycles. The fourth-order valence-corrected chi connectivity index (χ4v) is 4.87. The molecule has 2 bridgehead atoms. The van der Waals surface area contributed by atoms with E-state index in [-0.39, 0.29) is 35.9 Å². The van der Waals surface area contributed by atoms with Crippen LogP contribution in [0.5, 0.6) is 0 Å². The molecule has 1 aromatic carbocycles. The van der Waals surface area contributed by atoms with Crippen LogP contribution in [0.15, 0.2) is 18.2 Å². The number of carbonyl (C=O) groups is 2.